The number of hydrogen-bond donors (Lipinski definition) is 1. The van der Waals surface area contributed by atoms with Crippen molar-refractivity contribution in [2.45, 2.75) is 13.8 Å². The molecule has 4 heteroatoms. The van der Waals surface area contributed by atoms with E-state index in [4.69, 9.17) is 0 Å². The highest BCUT2D eigenvalue weighted by Crippen LogP contribution is 2.14. The zero-order valence-electron chi connectivity index (χ0n) is 10.4. The van der Waals surface area contributed by atoms with Crippen LogP contribution in [-0.4, -0.2) is 34.6 Å². The Kier molecular flexibility index (Phi) is 3.13. The van der Waals surface area contributed by atoms with E-state index in [1.54, 1.807) is 11.1 Å². The lowest BCUT2D eigenvalue weighted by molar-refractivity contribution is 0.0779. The van der Waals surface area contributed by atoms with E-state index in [9.17, 15) is 4.79 Å². The largest absolute Gasteiger partial charge is 0.341 e. The predicted molar refractivity (Wildman–Crippen MR) is 67.9 cm³/mol. The third-order valence-corrected chi connectivity index (χ3v) is 2.67. The van der Waals surface area contributed by atoms with Gasteiger partial charge in [-0.15, -0.1) is 0 Å². The number of nitrogens with zero attached hydrogens (tertiary/aromatic N) is 2. The van der Waals surface area contributed by atoms with Crippen molar-refractivity contribution in [1.29, 1.82) is 0 Å². The van der Waals surface area contributed by atoms with Gasteiger partial charge in [-0.25, -0.2) is 0 Å². The Labute approximate surface area is 101 Å². The number of benzene rings is 1. The molecule has 0 radical (unpaired) electrons. The monoisotopic (exact) mass is 231 g/mol. The Morgan fingerprint density at radius 2 is 2.24 bits per heavy atom. The van der Waals surface area contributed by atoms with E-state index in [-0.39, 0.29) is 5.91 Å². The van der Waals surface area contributed by atoms with Crippen LogP contribution < -0.4 is 0 Å². The molecule has 0 fully saturated rings. The zero-order chi connectivity index (χ0) is 12.4. The normalized spacial score (nSPS) is 11.1. The molecule has 17 heavy (non-hydrogen) atoms. The first-order valence-corrected chi connectivity index (χ1v) is 5.76. The van der Waals surface area contributed by atoms with Crippen LogP contribution >= 0.6 is 0 Å². The lowest BCUT2D eigenvalue weighted by atomic mass is 10.1. The summed E-state index contributed by atoms with van der Waals surface area (Å²) in [6.07, 6.45) is 1.75. The van der Waals surface area contributed by atoms with Crippen LogP contribution in [0.2, 0.25) is 0 Å². The lowest BCUT2D eigenvalue weighted by Gasteiger charge is -2.19. The molecule has 1 aromatic carbocycles. The van der Waals surface area contributed by atoms with E-state index in [2.05, 4.69) is 24.0 Å². The summed E-state index contributed by atoms with van der Waals surface area (Å²) < 4.78 is 0. The SMILES string of the molecule is CC(C)CN(C)C(=O)c1ccc2cn[nH]c2c1. The number of fused-ring (bicyclic) bond motifs is 1. The molecule has 2 rings (SSSR count). The van der Waals surface area contributed by atoms with Gasteiger partial charge < -0.3 is 4.90 Å². The quantitative estimate of drug-likeness (QED) is 0.881. The van der Waals surface area contributed by atoms with E-state index in [1.165, 1.54) is 0 Å². The third-order valence-electron chi connectivity index (χ3n) is 2.67. The standard InChI is InChI=1S/C13H17N3O/c1-9(2)8-16(3)13(17)10-4-5-11-7-14-15-12(11)6-10/h4-7,9H,8H2,1-3H3,(H,14,15). The van der Waals surface area contributed by atoms with Crippen molar-refractivity contribution in [1.82, 2.24) is 15.1 Å². The van der Waals surface area contributed by atoms with Crippen LogP contribution in [0.4, 0.5) is 0 Å². The van der Waals surface area contributed by atoms with E-state index in [0.29, 0.717) is 11.5 Å². The average Bonchev–Trinajstić information content (AvgIpc) is 2.73. The highest BCUT2D eigenvalue weighted by molar-refractivity contribution is 5.97. The Morgan fingerprint density at radius 3 is 2.94 bits per heavy atom. The first-order valence-electron chi connectivity index (χ1n) is 5.76. The van der Waals surface area contributed by atoms with Gasteiger partial charge in [0.1, 0.15) is 0 Å². The molecule has 1 N–H and O–H groups in total. The van der Waals surface area contributed by atoms with E-state index in [1.807, 2.05) is 25.2 Å². The van der Waals surface area contributed by atoms with Crippen molar-refractivity contribution in [3.8, 4) is 0 Å². The fourth-order valence-electron chi connectivity index (χ4n) is 1.92. The Morgan fingerprint density at radius 1 is 1.47 bits per heavy atom. The molecule has 0 unspecified atom stereocenters. The minimum absolute atomic E-state index is 0.0511. The van der Waals surface area contributed by atoms with Gasteiger partial charge in [0, 0.05) is 24.5 Å². The molecule has 1 heterocycles. The molecule has 0 aliphatic rings. The van der Waals surface area contributed by atoms with Crippen molar-refractivity contribution in [2.75, 3.05) is 13.6 Å². The minimum Gasteiger partial charge on any atom is -0.341 e. The molecule has 1 aromatic heterocycles. The number of carbonyl (C=O) groups excluding carboxylic acids is 1. The van der Waals surface area contributed by atoms with Crippen LogP contribution in [0, 0.1) is 5.92 Å². The summed E-state index contributed by atoms with van der Waals surface area (Å²) in [6.45, 7) is 4.96. The van der Waals surface area contributed by atoms with Crippen LogP contribution in [-0.2, 0) is 0 Å². The molecule has 1 amide bonds. The first kappa shape index (κ1) is 11.6. The van der Waals surface area contributed by atoms with Gasteiger partial charge in [-0.05, 0) is 18.1 Å². The van der Waals surface area contributed by atoms with E-state index >= 15 is 0 Å². The van der Waals surface area contributed by atoms with Gasteiger partial charge in [-0.1, -0.05) is 19.9 Å². The van der Waals surface area contributed by atoms with Crippen molar-refractivity contribution >= 4 is 16.8 Å². The highest BCUT2D eigenvalue weighted by Gasteiger charge is 2.13. The lowest BCUT2D eigenvalue weighted by Crippen LogP contribution is -2.30. The molecule has 0 atom stereocenters. The molecule has 0 saturated heterocycles. The number of nitrogens with one attached hydrogen (secondary N) is 1. The molecule has 0 saturated carbocycles. The number of H-pyrrole nitrogens is 1. The van der Waals surface area contributed by atoms with Crippen LogP contribution in [0.1, 0.15) is 24.2 Å². The van der Waals surface area contributed by atoms with Crippen molar-refractivity contribution in [2.24, 2.45) is 5.92 Å². The van der Waals surface area contributed by atoms with Gasteiger partial charge in [0.2, 0.25) is 0 Å². The van der Waals surface area contributed by atoms with Gasteiger partial charge in [0.05, 0.1) is 11.7 Å². The molecule has 0 aliphatic carbocycles. The second-order valence-electron chi connectivity index (χ2n) is 4.75. The Bertz CT molecular complexity index is 530. The second kappa shape index (κ2) is 4.57. The molecule has 4 nitrogen and oxygen atoms in total. The van der Waals surface area contributed by atoms with Crippen LogP contribution in [0.5, 0.6) is 0 Å². The Balaban J connectivity index is 2.23. The number of rotatable bonds is 3. The summed E-state index contributed by atoms with van der Waals surface area (Å²) in [7, 11) is 1.83. The summed E-state index contributed by atoms with van der Waals surface area (Å²) >= 11 is 0. The summed E-state index contributed by atoms with van der Waals surface area (Å²) in [6, 6.07) is 5.60. The fourth-order valence-corrected chi connectivity index (χ4v) is 1.92. The maximum absolute atomic E-state index is 12.1. The maximum Gasteiger partial charge on any atom is 0.253 e. The summed E-state index contributed by atoms with van der Waals surface area (Å²) in [4.78, 5) is 13.9. The summed E-state index contributed by atoms with van der Waals surface area (Å²) in [5, 5.41) is 7.84. The predicted octanol–water partition coefficient (Wildman–Crippen LogP) is 2.29. The summed E-state index contributed by atoms with van der Waals surface area (Å²) in [5.41, 5.74) is 1.60. The molecule has 0 bridgehead atoms. The van der Waals surface area contributed by atoms with Gasteiger partial charge in [0.25, 0.3) is 5.91 Å². The van der Waals surface area contributed by atoms with Crippen LogP contribution in [0.25, 0.3) is 10.9 Å². The zero-order valence-corrected chi connectivity index (χ0v) is 10.4. The fraction of sp³-hybridized carbons (Fsp3) is 0.385. The van der Waals surface area contributed by atoms with Gasteiger partial charge in [-0.2, -0.15) is 5.10 Å². The third kappa shape index (κ3) is 2.46. The highest BCUT2D eigenvalue weighted by atomic mass is 16.2. The molecule has 0 spiro atoms. The Hall–Kier alpha value is -1.84. The number of hydrogen-bond acceptors (Lipinski definition) is 2. The molecular weight excluding hydrogens is 214 g/mol. The van der Waals surface area contributed by atoms with Gasteiger partial charge >= 0.3 is 0 Å². The molecule has 0 aliphatic heterocycles. The van der Waals surface area contributed by atoms with Crippen molar-refractivity contribution < 1.29 is 4.79 Å². The minimum atomic E-state index is 0.0511. The molecular formula is C13H17N3O. The van der Waals surface area contributed by atoms with Gasteiger partial charge in [0.15, 0.2) is 0 Å². The number of amides is 1. The van der Waals surface area contributed by atoms with Crippen molar-refractivity contribution in [3.05, 3.63) is 30.0 Å². The number of aromatic nitrogens is 2. The topological polar surface area (TPSA) is 49.0 Å². The average molecular weight is 231 g/mol. The molecule has 90 valence electrons. The molecule has 2 aromatic rings. The van der Waals surface area contributed by atoms with Crippen LogP contribution in [0.3, 0.4) is 0 Å². The van der Waals surface area contributed by atoms with Crippen molar-refractivity contribution in [3.63, 3.8) is 0 Å². The van der Waals surface area contributed by atoms with Crippen LogP contribution in [0.15, 0.2) is 24.4 Å². The van der Waals surface area contributed by atoms with Gasteiger partial charge in [-0.3, -0.25) is 9.89 Å². The first-order chi connectivity index (χ1) is 8.08. The van der Waals surface area contributed by atoms with E-state index < -0.39 is 0 Å². The number of aromatic amines is 1. The summed E-state index contributed by atoms with van der Waals surface area (Å²) in [5.74, 6) is 0.523. The second-order valence-corrected chi connectivity index (χ2v) is 4.75. The smallest absolute Gasteiger partial charge is 0.253 e. The number of carbonyl (C=O) groups is 1. The van der Waals surface area contributed by atoms with E-state index in [0.717, 1.165) is 17.4 Å². The maximum atomic E-state index is 12.1.